The Bertz CT molecular complexity index is 1260. The Morgan fingerprint density at radius 1 is 0.885 bits per heavy atom. The summed E-state index contributed by atoms with van der Waals surface area (Å²) in [6.07, 6.45) is 3.29. The van der Waals surface area contributed by atoms with Crippen LogP contribution < -0.4 is 0 Å². The second-order valence-electron chi connectivity index (χ2n) is 5.79. The highest BCUT2D eigenvalue weighted by molar-refractivity contribution is 5.90. The standard InChI is InChI=1S/C18H12N6O2/c25-12-6-7-13(15(26)8-12)17-21-22-18-14-9-20-24(11-4-2-1-3-5-11)16(14)19-10-23(17)18/h1-10,25-26H. The van der Waals surface area contributed by atoms with Gasteiger partial charge >= 0.3 is 0 Å². The molecule has 0 fully saturated rings. The van der Waals surface area contributed by atoms with Gasteiger partial charge in [-0.1, -0.05) is 18.2 Å². The number of hydrogen-bond donors (Lipinski definition) is 2. The molecule has 3 aromatic heterocycles. The number of rotatable bonds is 2. The van der Waals surface area contributed by atoms with Crippen LogP contribution in [-0.4, -0.2) is 39.6 Å². The lowest BCUT2D eigenvalue weighted by molar-refractivity contribution is 0.451. The highest BCUT2D eigenvalue weighted by atomic mass is 16.3. The summed E-state index contributed by atoms with van der Waals surface area (Å²) in [4.78, 5) is 4.50. The van der Waals surface area contributed by atoms with Crippen LogP contribution in [0.4, 0.5) is 0 Å². The maximum Gasteiger partial charge on any atom is 0.175 e. The first kappa shape index (κ1) is 14.4. The summed E-state index contributed by atoms with van der Waals surface area (Å²) in [5.74, 6) is 0.323. The second kappa shape index (κ2) is 5.28. The lowest BCUT2D eigenvalue weighted by atomic mass is 10.2. The molecule has 8 nitrogen and oxygen atoms in total. The monoisotopic (exact) mass is 344 g/mol. The molecule has 0 bridgehead atoms. The Hall–Kier alpha value is -3.94. The fourth-order valence-corrected chi connectivity index (χ4v) is 2.97. The summed E-state index contributed by atoms with van der Waals surface area (Å²) in [5, 5.41) is 33.2. The lowest BCUT2D eigenvalue weighted by Crippen LogP contribution is -1.98. The number of phenolic OH excluding ortho intramolecular Hbond substituents is 2. The third-order valence-electron chi connectivity index (χ3n) is 4.20. The van der Waals surface area contributed by atoms with Crippen molar-refractivity contribution in [3.63, 3.8) is 0 Å². The predicted octanol–water partition coefficient (Wildman–Crippen LogP) is 2.54. The van der Waals surface area contributed by atoms with Crippen molar-refractivity contribution in [2.24, 2.45) is 0 Å². The molecule has 126 valence electrons. The van der Waals surface area contributed by atoms with Gasteiger partial charge in [0.2, 0.25) is 0 Å². The second-order valence-corrected chi connectivity index (χ2v) is 5.79. The molecule has 5 aromatic rings. The van der Waals surface area contributed by atoms with E-state index in [1.54, 1.807) is 27.7 Å². The van der Waals surface area contributed by atoms with E-state index in [2.05, 4.69) is 20.3 Å². The molecule has 0 aliphatic heterocycles. The Balaban J connectivity index is 1.74. The quantitative estimate of drug-likeness (QED) is 0.510. The van der Waals surface area contributed by atoms with Crippen LogP contribution in [0.25, 0.3) is 33.8 Å². The summed E-state index contributed by atoms with van der Waals surface area (Å²) in [7, 11) is 0. The van der Waals surface area contributed by atoms with E-state index >= 15 is 0 Å². The van der Waals surface area contributed by atoms with Crippen LogP contribution in [0.3, 0.4) is 0 Å². The van der Waals surface area contributed by atoms with Crippen molar-refractivity contribution < 1.29 is 10.2 Å². The molecule has 2 N–H and O–H groups in total. The molecule has 0 unspecified atom stereocenters. The first-order valence-corrected chi connectivity index (χ1v) is 7.87. The third kappa shape index (κ3) is 2.02. The van der Waals surface area contributed by atoms with E-state index in [9.17, 15) is 10.2 Å². The fourth-order valence-electron chi connectivity index (χ4n) is 2.97. The largest absolute Gasteiger partial charge is 0.508 e. The number of para-hydroxylation sites is 1. The normalized spacial score (nSPS) is 11.4. The van der Waals surface area contributed by atoms with Gasteiger partial charge in [0.15, 0.2) is 17.1 Å². The fraction of sp³-hybridized carbons (Fsp3) is 0. The van der Waals surface area contributed by atoms with Crippen molar-refractivity contribution in [1.29, 1.82) is 0 Å². The molecule has 0 atom stereocenters. The van der Waals surface area contributed by atoms with Crippen LogP contribution in [0.1, 0.15) is 0 Å². The van der Waals surface area contributed by atoms with E-state index in [1.165, 1.54) is 12.1 Å². The van der Waals surface area contributed by atoms with Gasteiger partial charge in [-0.15, -0.1) is 10.2 Å². The van der Waals surface area contributed by atoms with Gasteiger partial charge in [-0.2, -0.15) is 5.10 Å². The van der Waals surface area contributed by atoms with E-state index in [0.29, 0.717) is 22.7 Å². The molecule has 0 saturated carbocycles. The number of hydrogen-bond acceptors (Lipinski definition) is 6. The third-order valence-corrected chi connectivity index (χ3v) is 4.20. The summed E-state index contributed by atoms with van der Waals surface area (Å²) < 4.78 is 3.42. The van der Waals surface area contributed by atoms with Crippen LogP contribution >= 0.6 is 0 Å². The number of fused-ring (bicyclic) bond motifs is 3. The zero-order valence-electron chi connectivity index (χ0n) is 13.4. The van der Waals surface area contributed by atoms with Crippen LogP contribution in [0.2, 0.25) is 0 Å². The number of phenols is 2. The van der Waals surface area contributed by atoms with Crippen LogP contribution in [0.5, 0.6) is 11.5 Å². The number of aromatic nitrogens is 6. The van der Waals surface area contributed by atoms with Crippen molar-refractivity contribution in [3.8, 4) is 28.6 Å². The first-order chi connectivity index (χ1) is 12.7. The van der Waals surface area contributed by atoms with Crippen LogP contribution in [0, 0.1) is 0 Å². The smallest absolute Gasteiger partial charge is 0.175 e. The van der Waals surface area contributed by atoms with Gasteiger partial charge in [0.05, 0.1) is 22.8 Å². The molecule has 2 aromatic carbocycles. The molecular weight excluding hydrogens is 332 g/mol. The highest BCUT2D eigenvalue weighted by Gasteiger charge is 2.17. The average Bonchev–Trinajstić information content (AvgIpc) is 3.26. The van der Waals surface area contributed by atoms with Gasteiger partial charge in [0.1, 0.15) is 17.8 Å². The molecule has 0 radical (unpaired) electrons. The van der Waals surface area contributed by atoms with Crippen molar-refractivity contribution >= 4 is 16.7 Å². The van der Waals surface area contributed by atoms with Gasteiger partial charge in [0.25, 0.3) is 0 Å². The Labute approximate surface area is 146 Å². The van der Waals surface area contributed by atoms with Gasteiger partial charge in [-0.3, -0.25) is 4.40 Å². The lowest BCUT2D eigenvalue weighted by Gasteiger charge is -2.04. The van der Waals surface area contributed by atoms with Crippen molar-refractivity contribution in [2.45, 2.75) is 0 Å². The molecule has 0 spiro atoms. The molecule has 5 rings (SSSR count). The van der Waals surface area contributed by atoms with E-state index in [0.717, 1.165) is 11.1 Å². The number of nitrogens with zero attached hydrogens (tertiary/aromatic N) is 6. The van der Waals surface area contributed by atoms with Crippen molar-refractivity contribution in [2.75, 3.05) is 0 Å². The highest BCUT2D eigenvalue weighted by Crippen LogP contribution is 2.32. The van der Waals surface area contributed by atoms with Gasteiger partial charge in [-0.25, -0.2) is 9.67 Å². The van der Waals surface area contributed by atoms with Crippen LogP contribution in [-0.2, 0) is 0 Å². The molecule has 0 saturated heterocycles. The number of benzene rings is 2. The Morgan fingerprint density at radius 2 is 1.73 bits per heavy atom. The maximum absolute atomic E-state index is 10.1. The summed E-state index contributed by atoms with van der Waals surface area (Å²) in [6.45, 7) is 0. The van der Waals surface area contributed by atoms with Gasteiger partial charge in [0, 0.05) is 6.07 Å². The van der Waals surface area contributed by atoms with Gasteiger partial charge in [-0.05, 0) is 24.3 Å². The molecule has 8 heteroatoms. The Morgan fingerprint density at radius 3 is 2.54 bits per heavy atom. The SMILES string of the molecule is Oc1ccc(-c2nnc3c4cnn(-c5ccccc5)c4ncn23)c(O)c1. The van der Waals surface area contributed by atoms with Crippen molar-refractivity contribution in [3.05, 3.63) is 61.1 Å². The van der Waals surface area contributed by atoms with E-state index in [-0.39, 0.29) is 11.5 Å². The Kier molecular flexibility index (Phi) is 2.93. The minimum absolute atomic E-state index is 0.0234. The summed E-state index contributed by atoms with van der Waals surface area (Å²) in [5.41, 5.74) is 2.60. The zero-order valence-corrected chi connectivity index (χ0v) is 13.4. The molecule has 26 heavy (non-hydrogen) atoms. The molecule has 0 amide bonds. The minimum atomic E-state index is -0.0839. The van der Waals surface area contributed by atoms with E-state index in [4.69, 9.17) is 0 Å². The predicted molar refractivity (Wildman–Crippen MR) is 94.2 cm³/mol. The molecule has 0 aliphatic rings. The minimum Gasteiger partial charge on any atom is -0.508 e. The van der Waals surface area contributed by atoms with Gasteiger partial charge < -0.3 is 10.2 Å². The molecule has 0 aliphatic carbocycles. The van der Waals surface area contributed by atoms with Crippen molar-refractivity contribution in [1.82, 2.24) is 29.4 Å². The first-order valence-electron chi connectivity index (χ1n) is 7.87. The molecular formula is C18H12N6O2. The topological polar surface area (TPSA) is 101 Å². The van der Waals surface area contributed by atoms with E-state index < -0.39 is 0 Å². The summed E-state index contributed by atoms with van der Waals surface area (Å²) >= 11 is 0. The zero-order chi connectivity index (χ0) is 17.7. The number of aromatic hydroxyl groups is 2. The van der Waals surface area contributed by atoms with Crippen LogP contribution in [0.15, 0.2) is 61.1 Å². The maximum atomic E-state index is 10.1. The summed E-state index contributed by atoms with van der Waals surface area (Å²) in [6, 6.07) is 14.0. The molecule has 3 heterocycles. The van der Waals surface area contributed by atoms with E-state index in [1.807, 2.05) is 30.3 Å². The average molecular weight is 344 g/mol.